The Morgan fingerprint density at radius 3 is 2.00 bits per heavy atom. The number of phenolic OH excluding ortho intramolecular Hbond substituents is 1. The quantitative estimate of drug-likeness (QED) is 0.396. The van der Waals surface area contributed by atoms with Gasteiger partial charge in [0.1, 0.15) is 13.6 Å². The van der Waals surface area contributed by atoms with Crippen molar-refractivity contribution < 1.29 is 5.11 Å². The van der Waals surface area contributed by atoms with Crippen molar-refractivity contribution >= 4 is 51.9 Å². The highest BCUT2D eigenvalue weighted by Crippen LogP contribution is 2.42. The third-order valence-corrected chi connectivity index (χ3v) is 5.29. The van der Waals surface area contributed by atoms with E-state index in [1.165, 1.54) is 5.39 Å². The number of para-hydroxylation sites is 1. The molecular formula is C26H18BNO. The molecule has 0 aliphatic carbocycles. The molecule has 0 aromatic heterocycles. The maximum absolute atomic E-state index is 10.5. The average Bonchev–Trinajstić information content (AvgIpc) is 2.78. The smallest absolute Gasteiger partial charge is 0.119 e. The molecule has 0 bridgehead atoms. The number of phenols is 1. The summed E-state index contributed by atoms with van der Waals surface area (Å²) in [6.07, 6.45) is 0. The fraction of sp³-hybridized carbons (Fsp3) is 0. The molecule has 29 heavy (non-hydrogen) atoms. The van der Waals surface area contributed by atoms with Crippen molar-refractivity contribution in [2.24, 2.45) is 0 Å². The third kappa shape index (κ3) is 2.92. The molecule has 0 heterocycles. The highest BCUT2D eigenvalue weighted by Gasteiger charge is 2.19. The van der Waals surface area contributed by atoms with Gasteiger partial charge in [-0.3, -0.25) is 0 Å². The van der Waals surface area contributed by atoms with Gasteiger partial charge >= 0.3 is 0 Å². The lowest BCUT2D eigenvalue weighted by Crippen LogP contribution is -2.14. The van der Waals surface area contributed by atoms with Crippen LogP contribution in [-0.2, 0) is 0 Å². The molecule has 136 valence electrons. The number of hydrogen-bond acceptors (Lipinski definition) is 2. The molecule has 0 unspecified atom stereocenters. The van der Waals surface area contributed by atoms with Crippen LogP contribution in [0.1, 0.15) is 0 Å². The van der Waals surface area contributed by atoms with Crippen LogP contribution in [0, 0.1) is 0 Å². The molecule has 0 saturated heterocycles. The first kappa shape index (κ1) is 17.4. The number of rotatable bonds is 3. The lowest BCUT2D eigenvalue weighted by atomic mass is 9.90. The predicted molar refractivity (Wildman–Crippen MR) is 123 cm³/mol. The van der Waals surface area contributed by atoms with E-state index in [-0.39, 0.29) is 5.75 Å². The Hall–Kier alpha value is -3.72. The zero-order chi connectivity index (χ0) is 19.8. The van der Waals surface area contributed by atoms with Crippen LogP contribution in [0.4, 0.5) is 17.1 Å². The molecule has 0 spiro atoms. The molecule has 5 aromatic carbocycles. The maximum Gasteiger partial charge on any atom is 0.119 e. The lowest BCUT2D eigenvalue weighted by Gasteiger charge is -2.29. The zero-order valence-corrected chi connectivity index (χ0v) is 15.8. The van der Waals surface area contributed by atoms with Gasteiger partial charge in [0.05, 0.1) is 11.4 Å². The molecule has 5 aromatic rings. The van der Waals surface area contributed by atoms with E-state index in [4.69, 9.17) is 7.85 Å². The Morgan fingerprint density at radius 1 is 0.586 bits per heavy atom. The van der Waals surface area contributed by atoms with Crippen LogP contribution in [0.2, 0.25) is 0 Å². The summed E-state index contributed by atoms with van der Waals surface area (Å²) in [5.41, 5.74) is 3.38. The van der Waals surface area contributed by atoms with Crippen LogP contribution < -0.4 is 10.4 Å². The highest BCUT2D eigenvalue weighted by atomic mass is 16.3. The van der Waals surface area contributed by atoms with Gasteiger partial charge in [-0.2, -0.15) is 0 Å². The van der Waals surface area contributed by atoms with E-state index in [2.05, 4.69) is 53.4 Å². The summed E-state index contributed by atoms with van der Waals surface area (Å²) in [7, 11) is 6.22. The van der Waals surface area contributed by atoms with E-state index < -0.39 is 0 Å². The van der Waals surface area contributed by atoms with Gasteiger partial charge in [-0.15, -0.1) is 0 Å². The highest BCUT2D eigenvalue weighted by molar-refractivity contribution is 6.36. The summed E-state index contributed by atoms with van der Waals surface area (Å²) in [6.45, 7) is 0. The normalized spacial score (nSPS) is 11.0. The molecule has 1 N–H and O–H groups in total. The van der Waals surface area contributed by atoms with E-state index in [1.807, 2.05) is 54.6 Å². The van der Waals surface area contributed by atoms with Crippen molar-refractivity contribution in [3.05, 3.63) is 103 Å². The van der Waals surface area contributed by atoms with E-state index in [1.54, 1.807) is 0 Å². The van der Waals surface area contributed by atoms with Gasteiger partial charge in [0.15, 0.2) is 0 Å². The Balaban J connectivity index is 1.89. The summed E-state index contributed by atoms with van der Waals surface area (Å²) in [4.78, 5) is 2.21. The van der Waals surface area contributed by atoms with Gasteiger partial charge in [0, 0.05) is 21.8 Å². The summed E-state index contributed by atoms with van der Waals surface area (Å²) < 4.78 is 0. The predicted octanol–water partition coefficient (Wildman–Crippen LogP) is 5.96. The fourth-order valence-corrected chi connectivity index (χ4v) is 3.94. The minimum Gasteiger partial charge on any atom is -0.508 e. The summed E-state index contributed by atoms with van der Waals surface area (Å²) in [5, 5.41) is 14.5. The van der Waals surface area contributed by atoms with Gasteiger partial charge in [-0.05, 0) is 29.7 Å². The Morgan fingerprint density at radius 2 is 1.21 bits per heavy atom. The number of fused-ring (bicyclic) bond motifs is 2. The Kier molecular flexibility index (Phi) is 4.21. The standard InChI is InChI=1S/C26H18BNO/c27-23-17-25(21-14-6-7-15-22(21)26(23)29)28(19-11-2-1-3-12-19)24-16-8-10-18-9-4-5-13-20(18)24/h1-17,29H. The van der Waals surface area contributed by atoms with E-state index in [0.29, 0.717) is 5.46 Å². The molecule has 0 fully saturated rings. The van der Waals surface area contributed by atoms with Crippen LogP contribution in [0.25, 0.3) is 21.5 Å². The SMILES string of the molecule is [B]c1cc(N(c2ccccc2)c2cccc3ccccc23)c2ccccc2c1O. The maximum atomic E-state index is 10.5. The van der Waals surface area contributed by atoms with Crippen LogP contribution in [-0.4, -0.2) is 13.0 Å². The van der Waals surface area contributed by atoms with Crippen molar-refractivity contribution in [3.8, 4) is 5.75 Å². The largest absolute Gasteiger partial charge is 0.508 e. The van der Waals surface area contributed by atoms with Crippen LogP contribution in [0.15, 0.2) is 103 Å². The monoisotopic (exact) mass is 371 g/mol. The number of aromatic hydroxyl groups is 1. The minimum absolute atomic E-state index is 0.121. The molecule has 3 heteroatoms. The van der Waals surface area contributed by atoms with Crippen LogP contribution >= 0.6 is 0 Å². The van der Waals surface area contributed by atoms with Gasteiger partial charge in [-0.25, -0.2) is 0 Å². The minimum atomic E-state index is 0.121. The first-order chi connectivity index (χ1) is 14.2. The number of benzene rings is 5. The topological polar surface area (TPSA) is 23.5 Å². The van der Waals surface area contributed by atoms with Gasteiger partial charge in [-0.1, -0.05) is 84.3 Å². The number of hydrogen-bond donors (Lipinski definition) is 1. The van der Waals surface area contributed by atoms with E-state index in [0.717, 1.165) is 33.2 Å². The van der Waals surface area contributed by atoms with Crippen LogP contribution in [0.5, 0.6) is 5.75 Å². The summed E-state index contributed by atoms with van der Waals surface area (Å²) in [5.74, 6) is 0.121. The molecule has 2 radical (unpaired) electrons. The van der Waals surface area contributed by atoms with Crippen molar-refractivity contribution in [1.29, 1.82) is 0 Å². The molecular weight excluding hydrogens is 353 g/mol. The molecule has 0 aliphatic rings. The lowest BCUT2D eigenvalue weighted by molar-refractivity contribution is 0.486. The van der Waals surface area contributed by atoms with Crippen LogP contribution in [0.3, 0.4) is 0 Å². The zero-order valence-electron chi connectivity index (χ0n) is 15.8. The Labute approximate surface area is 171 Å². The van der Waals surface area contributed by atoms with Gasteiger partial charge in [0.25, 0.3) is 0 Å². The van der Waals surface area contributed by atoms with E-state index in [9.17, 15) is 5.11 Å². The summed E-state index contributed by atoms with van der Waals surface area (Å²) >= 11 is 0. The Bertz CT molecular complexity index is 1330. The van der Waals surface area contributed by atoms with Gasteiger partial charge in [0.2, 0.25) is 0 Å². The number of nitrogens with zero attached hydrogens (tertiary/aromatic N) is 1. The van der Waals surface area contributed by atoms with E-state index >= 15 is 0 Å². The summed E-state index contributed by atoms with van der Waals surface area (Å²) in [6, 6.07) is 34.5. The molecule has 0 atom stereocenters. The van der Waals surface area contributed by atoms with Crippen molar-refractivity contribution in [1.82, 2.24) is 0 Å². The second-order valence-electron chi connectivity index (χ2n) is 7.05. The number of anilines is 3. The van der Waals surface area contributed by atoms with Crippen molar-refractivity contribution in [2.45, 2.75) is 0 Å². The third-order valence-electron chi connectivity index (χ3n) is 5.29. The fourth-order valence-electron chi connectivity index (χ4n) is 3.94. The first-order valence-electron chi connectivity index (χ1n) is 9.57. The second kappa shape index (κ2) is 7.03. The molecule has 0 amide bonds. The molecule has 0 saturated carbocycles. The first-order valence-corrected chi connectivity index (χ1v) is 9.57. The average molecular weight is 371 g/mol. The second-order valence-corrected chi connectivity index (χ2v) is 7.05. The molecule has 0 aliphatic heterocycles. The molecule has 2 nitrogen and oxygen atoms in total. The van der Waals surface area contributed by atoms with Crippen molar-refractivity contribution in [3.63, 3.8) is 0 Å². The van der Waals surface area contributed by atoms with Crippen molar-refractivity contribution in [2.75, 3.05) is 4.90 Å². The van der Waals surface area contributed by atoms with Gasteiger partial charge < -0.3 is 10.0 Å². The molecule has 5 rings (SSSR count).